The molecule has 12 heavy (non-hydrogen) atoms. The Morgan fingerprint density at radius 3 is 2.25 bits per heavy atom. The van der Waals surface area contributed by atoms with Gasteiger partial charge in [-0.05, 0) is 13.8 Å². The third kappa shape index (κ3) is 4.88. The fourth-order valence-electron chi connectivity index (χ4n) is 0.499. The van der Waals surface area contributed by atoms with Gasteiger partial charge in [0.15, 0.2) is 11.9 Å². The molecule has 0 heterocycles. The summed E-state index contributed by atoms with van der Waals surface area (Å²) in [4.78, 5) is 10.7. The minimum atomic E-state index is -3.61. The van der Waals surface area contributed by atoms with E-state index in [0.717, 1.165) is 6.26 Å². The molecule has 0 aliphatic heterocycles. The highest BCUT2D eigenvalue weighted by molar-refractivity contribution is 7.86. The van der Waals surface area contributed by atoms with E-state index in [0.29, 0.717) is 0 Å². The smallest absolute Gasteiger partial charge is 0.266 e. The molecule has 0 bridgehead atoms. The van der Waals surface area contributed by atoms with Crippen molar-refractivity contribution in [2.45, 2.75) is 20.0 Å². The van der Waals surface area contributed by atoms with E-state index in [-0.39, 0.29) is 0 Å². The molecule has 0 aromatic heterocycles. The largest absolute Gasteiger partial charge is 0.296 e. The number of ketones is 1. The summed E-state index contributed by atoms with van der Waals surface area (Å²) in [6, 6.07) is 0. The molecule has 1 unspecified atom stereocenters. The normalized spacial score (nSPS) is 12.9. The van der Waals surface area contributed by atoms with Gasteiger partial charge in [-0.25, -0.2) is 4.18 Å². The van der Waals surface area contributed by atoms with Gasteiger partial charge in [0.05, 0.1) is 6.26 Å². The summed E-state index contributed by atoms with van der Waals surface area (Å²) < 4.78 is 25.5. The van der Waals surface area contributed by atoms with Crippen molar-refractivity contribution < 1.29 is 17.4 Å². The van der Waals surface area contributed by atoms with Gasteiger partial charge in [0.1, 0.15) is 0 Å². The zero-order valence-corrected chi connectivity index (χ0v) is 7.94. The van der Waals surface area contributed by atoms with E-state index in [4.69, 9.17) is 0 Å². The summed E-state index contributed by atoms with van der Waals surface area (Å²) in [5, 5.41) is 0. The summed E-state index contributed by atoms with van der Waals surface area (Å²) in [5.74, 6) is 4.33. The molecule has 0 saturated carbocycles. The predicted molar refractivity (Wildman–Crippen MR) is 43.8 cm³/mol. The zero-order chi connectivity index (χ0) is 9.78. The molecule has 5 heteroatoms. The van der Waals surface area contributed by atoms with Crippen LogP contribution in [0.2, 0.25) is 0 Å². The quantitative estimate of drug-likeness (QED) is 0.462. The van der Waals surface area contributed by atoms with Crippen LogP contribution in [0.25, 0.3) is 0 Å². The minimum Gasteiger partial charge on any atom is -0.296 e. The molecule has 4 nitrogen and oxygen atoms in total. The molecular weight excluding hydrogens is 180 g/mol. The fourth-order valence-corrected chi connectivity index (χ4v) is 1.03. The van der Waals surface area contributed by atoms with Gasteiger partial charge in [-0.3, -0.25) is 4.79 Å². The molecule has 0 N–H and O–H groups in total. The van der Waals surface area contributed by atoms with E-state index in [1.54, 1.807) is 0 Å². The molecular formula is C7H10O4S. The van der Waals surface area contributed by atoms with Crippen LogP contribution >= 0.6 is 0 Å². The lowest BCUT2D eigenvalue weighted by Crippen LogP contribution is -2.23. The van der Waals surface area contributed by atoms with E-state index in [1.807, 2.05) is 0 Å². The molecule has 0 saturated heterocycles. The van der Waals surface area contributed by atoms with Gasteiger partial charge >= 0.3 is 0 Å². The van der Waals surface area contributed by atoms with E-state index < -0.39 is 22.0 Å². The highest BCUT2D eigenvalue weighted by Gasteiger charge is 2.16. The van der Waals surface area contributed by atoms with E-state index >= 15 is 0 Å². The van der Waals surface area contributed by atoms with Gasteiger partial charge in [-0.1, -0.05) is 5.92 Å². The second kappa shape index (κ2) is 4.24. The van der Waals surface area contributed by atoms with E-state index in [2.05, 4.69) is 16.0 Å². The Bertz CT molecular complexity index is 317. The van der Waals surface area contributed by atoms with Gasteiger partial charge in [-0.15, -0.1) is 5.92 Å². The van der Waals surface area contributed by atoms with Crippen LogP contribution in [0.3, 0.4) is 0 Å². The number of carbonyl (C=O) groups is 1. The molecule has 0 fully saturated rings. The molecule has 0 aromatic rings. The first kappa shape index (κ1) is 11.1. The maximum absolute atomic E-state index is 10.7. The highest BCUT2D eigenvalue weighted by Crippen LogP contribution is 1.97. The van der Waals surface area contributed by atoms with Crippen LogP contribution in [0.5, 0.6) is 0 Å². The van der Waals surface area contributed by atoms with Gasteiger partial charge in [0, 0.05) is 0 Å². The van der Waals surface area contributed by atoms with Crippen molar-refractivity contribution in [3.63, 3.8) is 0 Å². The highest BCUT2D eigenvalue weighted by atomic mass is 32.2. The van der Waals surface area contributed by atoms with Crippen molar-refractivity contribution in [1.29, 1.82) is 0 Å². The van der Waals surface area contributed by atoms with Crippen molar-refractivity contribution in [2.24, 2.45) is 0 Å². The number of hydrogen-bond acceptors (Lipinski definition) is 4. The van der Waals surface area contributed by atoms with Gasteiger partial charge in [0.25, 0.3) is 10.1 Å². The third-order valence-electron chi connectivity index (χ3n) is 0.916. The lowest BCUT2D eigenvalue weighted by Gasteiger charge is -2.04. The molecule has 68 valence electrons. The van der Waals surface area contributed by atoms with Crippen LogP contribution in [0.1, 0.15) is 13.8 Å². The Balaban J connectivity index is 4.53. The molecule has 0 radical (unpaired) electrons. The first-order valence-corrected chi connectivity index (χ1v) is 4.99. The molecule has 0 rings (SSSR count). The zero-order valence-electron chi connectivity index (χ0n) is 7.12. The Morgan fingerprint density at radius 2 is 2.00 bits per heavy atom. The Labute approximate surface area is 72.0 Å². The van der Waals surface area contributed by atoms with Gasteiger partial charge < -0.3 is 0 Å². The third-order valence-corrected chi connectivity index (χ3v) is 1.46. The summed E-state index contributed by atoms with van der Waals surface area (Å²) >= 11 is 0. The molecule has 0 aliphatic carbocycles. The summed E-state index contributed by atoms with van der Waals surface area (Å²) in [5.41, 5.74) is 0. The first-order chi connectivity index (χ1) is 5.37. The SMILES string of the molecule is CC#CC(OS(C)(=O)=O)C(C)=O. The Morgan fingerprint density at radius 1 is 1.50 bits per heavy atom. The molecule has 0 spiro atoms. The fraction of sp³-hybridized carbons (Fsp3) is 0.571. The van der Waals surface area contributed by atoms with Crippen LogP contribution in [0, 0.1) is 11.8 Å². The van der Waals surface area contributed by atoms with Gasteiger partial charge in [-0.2, -0.15) is 8.42 Å². The van der Waals surface area contributed by atoms with Crippen LogP contribution in [0.15, 0.2) is 0 Å². The average molecular weight is 190 g/mol. The lowest BCUT2D eigenvalue weighted by atomic mass is 10.3. The average Bonchev–Trinajstić information content (AvgIpc) is 1.83. The summed E-state index contributed by atoms with van der Waals surface area (Å²) in [6.07, 6.45) is -0.287. The van der Waals surface area contributed by atoms with Crippen molar-refractivity contribution >= 4 is 15.9 Å². The van der Waals surface area contributed by atoms with E-state index in [1.165, 1.54) is 13.8 Å². The van der Waals surface area contributed by atoms with Gasteiger partial charge in [0.2, 0.25) is 0 Å². The van der Waals surface area contributed by atoms with Crippen molar-refractivity contribution in [3.8, 4) is 11.8 Å². The molecule has 1 atom stereocenters. The number of hydrogen-bond donors (Lipinski definition) is 0. The minimum absolute atomic E-state index is 0.422. The maximum atomic E-state index is 10.7. The van der Waals surface area contributed by atoms with Crippen LogP contribution in [-0.4, -0.2) is 26.6 Å². The molecule has 0 amide bonds. The summed E-state index contributed by atoms with van der Waals surface area (Å²) in [7, 11) is -3.61. The topological polar surface area (TPSA) is 60.4 Å². The lowest BCUT2D eigenvalue weighted by molar-refractivity contribution is -0.121. The molecule has 0 aliphatic rings. The number of rotatable bonds is 3. The second-order valence-corrected chi connectivity index (χ2v) is 3.79. The van der Waals surface area contributed by atoms with E-state index in [9.17, 15) is 13.2 Å². The number of carbonyl (C=O) groups excluding carboxylic acids is 1. The van der Waals surface area contributed by atoms with Crippen LogP contribution in [-0.2, 0) is 19.1 Å². The van der Waals surface area contributed by atoms with Crippen molar-refractivity contribution in [1.82, 2.24) is 0 Å². The maximum Gasteiger partial charge on any atom is 0.266 e. The van der Waals surface area contributed by atoms with Crippen LogP contribution < -0.4 is 0 Å². The molecule has 0 aromatic carbocycles. The van der Waals surface area contributed by atoms with Crippen LogP contribution in [0.4, 0.5) is 0 Å². The van der Waals surface area contributed by atoms with Crippen molar-refractivity contribution in [2.75, 3.05) is 6.26 Å². The predicted octanol–water partition coefficient (Wildman–Crippen LogP) is -0.0565. The first-order valence-electron chi connectivity index (χ1n) is 3.18. The Kier molecular flexibility index (Phi) is 3.93. The monoisotopic (exact) mass is 190 g/mol. The summed E-state index contributed by atoms with van der Waals surface area (Å²) in [6.45, 7) is 2.72. The second-order valence-electron chi connectivity index (χ2n) is 2.19. The Hall–Kier alpha value is -0.860. The number of Topliss-reactive ketones (excluding diaryl/α,β-unsaturated/α-hetero) is 1. The van der Waals surface area contributed by atoms with Crippen molar-refractivity contribution in [3.05, 3.63) is 0 Å². The standard InChI is InChI=1S/C7H10O4S/c1-4-5-7(6(2)8)11-12(3,9)10/h7H,1-3H3.